The van der Waals surface area contributed by atoms with Gasteiger partial charge >= 0.3 is 12.3 Å². The molecule has 0 aliphatic rings. The summed E-state index contributed by atoms with van der Waals surface area (Å²) < 4.78 is 73.0. The molecule has 1 N–H and O–H groups in total. The minimum absolute atomic E-state index is 0.173. The van der Waals surface area contributed by atoms with Crippen LogP contribution in [0.3, 0.4) is 0 Å². The molecule has 10 heteroatoms. The molecular weight excluding hydrogens is 349 g/mol. The van der Waals surface area contributed by atoms with Crippen LogP contribution in [-0.4, -0.2) is 27.4 Å². The van der Waals surface area contributed by atoms with E-state index in [0.29, 0.717) is 6.07 Å². The SMILES string of the molecule is Cn1c(C(NC(=O)OC(C)(C)C)C(F)(F)F)nc2c(F)cc(F)cc21. The van der Waals surface area contributed by atoms with Gasteiger partial charge in [-0.05, 0) is 26.8 Å². The van der Waals surface area contributed by atoms with Gasteiger partial charge in [0.25, 0.3) is 0 Å². The Morgan fingerprint density at radius 1 is 1.24 bits per heavy atom. The maximum absolute atomic E-state index is 13.8. The van der Waals surface area contributed by atoms with Crippen molar-refractivity contribution in [3.05, 3.63) is 29.6 Å². The number of carbonyl (C=O) groups excluding carboxylic acids is 1. The van der Waals surface area contributed by atoms with Crippen LogP contribution < -0.4 is 5.32 Å². The monoisotopic (exact) mass is 365 g/mol. The second-order valence-corrected chi connectivity index (χ2v) is 6.41. The van der Waals surface area contributed by atoms with Crippen molar-refractivity contribution < 1.29 is 31.5 Å². The Kier molecular flexibility index (Phi) is 4.67. The molecule has 0 radical (unpaired) electrons. The normalized spacial score (nSPS) is 13.8. The minimum Gasteiger partial charge on any atom is -0.444 e. The highest BCUT2D eigenvalue weighted by molar-refractivity contribution is 5.77. The Balaban J connectivity index is 2.49. The number of fused-ring (bicyclic) bond motifs is 1. The van der Waals surface area contributed by atoms with Gasteiger partial charge in [0.2, 0.25) is 0 Å². The van der Waals surface area contributed by atoms with E-state index in [1.165, 1.54) is 27.8 Å². The Hall–Kier alpha value is -2.39. The van der Waals surface area contributed by atoms with Crippen molar-refractivity contribution in [2.75, 3.05) is 0 Å². The first-order valence-electron chi connectivity index (χ1n) is 7.17. The van der Waals surface area contributed by atoms with Crippen LogP contribution in [0.5, 0.6) is 0 Å². The number of aryl methyl sites for hydroxylation is 1. The van der Waals surface area contributed by atoms with Gasteiger partial charge in [-0.15, -0.1) is 0 Å². The van der Waals surface area contributed by atoms with E-state index in [1.54, 1.807) is 5.32 Å². The molecule has 25 heavy (non-hydrogen) atoms. The maximum atomic E-state index is 13.8. The molecule has 0 saturated carbocycles. The second kappa shape index (κ2) is 6.16. The topological polar surface area (TPSA) is 56.2 Å². The molecule has 0 fully saturated rings. The third-order valence-electron chi connectivity index (χ3n) is 3.19. The number of alkyl halides is 3. The molecule has 1 heterocycles. The van der Waals surface area contributed by atoms with Gasteiger partial charge in [0.15, 0.2) is 11.9 Å². The Bertz CT molecular complexity index is 808. The van der Waals surface area contributed by atoms with Crippen molar-refractivity contribution in [1.82, 2.24) is 14.9 Å². The van der Waals surface area contributed by atoms with Gasteiger partial charge in [0.05, 0.1) is 5.52 Å². The number of imidazole rings is 1. The number of alkyl carbamates (subject to hydrolysis) is 1. The van der Waals surface area contributed by atoms with Crippen LogP contribution >= 0.6 is 0 Å². The van der Waals surface area contributed by atoms with Crippen LogP contribution in [0.25, 0.3) is 11.0 Å². The predicted molar refractivity (Wildman–Crippen MR) is 78.8 cm³/mol. The van der Waals surface area contributed by atoms with Gasteiger partial charge in [-0.3, -0.25) is 0 Å². The number of amides is 1. The summed E-state index contributed by atoms with van der Waals surface area (Å²) >= 11 is 0. The van der Waals surface area contributed by atoms with Gasteiger partial charge in [0, 0.05) is 13.1 Å². The summed E-state index contributed by atoms with van der Waals surface area (Å²) in [5.41, 5.74) is -1.62. The summed E-state index contributed by atoms with van der Waals surface area (Å²) in [7, 11) is 1.17. The van der Waals surface area contributed by atoms with E-state index in [9.17, 15) is 26.7 Å². The molecule has 1 aromatic heterocycles. The van der Waals surface area contributed by atoms with Crippen molar-refractivity contribution in [3.8, 4) is 0 Å². The lowest BCUT2D eigenvalue weighted by atomic mass is 10.2. The minimum atomic E-state index is -4.93. The molecule has 1 unspecified atom stereocenters. The first-order chi connectivity index (χ1) is 11.3. The molecular formula is C15H16F5N3O2. The summed E-state index contributed by atoms with van der Waals surface area (Å²) in [5, 5.41) is 1.68. The molecule has 5 nitrogen and oxygen atoms in total. The fraction of sp³-hybridized carbons (Fsp3) is 0.467. The van der Waals surface area contributed by atoms with Crippen LogP contribution in [0.1, 0.15) is 32.6 Å². The zero-order valence-corrected chi connectivity index (χ0v) is 13.8. The van der Waals surface area contributed by atoms with E-state index < -0.39 is 46.9 Å². The van der Waals surface area contributed by atoms with Gasteiger partial charge in [0.1, 0.15) is 22.8 Å². The van der Waals surface area contributed by atoms with Gasteiger partial charge in [-0.25, -0.2) is 18.6 Å². The molecule has 0 saturated heterocycles. The van der Waals surface area contributed by atoms with E-state index in [-0.39, 0.29) is 5.52 Å². The number of benzene rings is 1. The van der Waals surface area contributed by atoms with E-state index in [4.69, 9.17) is 4.74 Å². The van der Waals surface area contributed by atoms with Crippen LogP contribution in [0, 0.1) is 11.6 Å². The van der Waals surface area contributed by atoms with Crippen molar-refractivity contribution >= 4 is 17.1 Å². The summed E-state index contributed by atoms with van der Waals surface area (Å²) in [6.45, 7) is 4.47. The maximum Gasteiger partial charge on any atom is 0.416 e. The molecule has 2 rings (SSSR count). The van der Waals surface area contributed by atoms with E-state index in [1.807, 2.05) is 0 Å². The average molecular weight is 365 g/mol. The predicted octanol–water partition coefficient (Wildman–Crippen LogP) is 3.98. The Morgan fingerprint density at radius 3 is 2.36 bits per heavy atom. The number of hydrogen-bond donors (Lipinski definition) is 1. The highest BCUT2D eigenvalue weighted by atomic mass is 19.4. The molecule has 1 amide bonds. The number of halogens is 5. The van der Waals surface area contributed by atoms with Crippen molar-refractivity contribution in [2.24, 2.45) is 7.05 Å². The van der Waals surface area contributed by atoms with Gasteiger partial charge in [-0.2, -0.15) is 13.2 Å². The average Bonchev–Trinajstić information content (AvgIpc) is 2.71. The zero-order valence-electron chi connectivity index (χ0n) is 13.8. The standard InChI is InChI=1S/C15H16F5N3O2/c1-14(2,3)25-13(24)22-11(15(18,19)20)12-21-10-8(17)5-7(16)6-9(10)23(12)4/h5-6,11H,1-4H3,(H,22,24). The molecule has 0 aliphatic heterocycles. The second-order valence-electron chi connectivity index (χ2n) is 6.41. The van der Waals surface area contributed by atoms with E-state index in [2.05, 4.69) is 4.98 Å². The molecule has 138 valence electrons. The van der Waals surface area contributed by atoms with Crippen molar-refractivity contribution in [1.29, 1.82) is 0 Å². The Morgan fingerprint density at radius 2 is 1.84 bits per heavy atom. The van der Waals surface area contributed by atoms with Crippen LogP contribution in [0.15, 0.2) is 12.1 Å². The number of ether oxygens (including phenoxy) is 1. The van der Waals surface area contributed by atoms with Crippen molar-refractivity contribution in [3.63, 3.8) is 0 Å². The molecule has 1 aromatic carbocycles. The lowest BCUT2D eigenvalue weighted by molar-refractivity contribution is -0.159. The quantitative estimate of drug-likeness (QED) is 0.819. The Labute approximate surface area is 139 Å². The van der Waals surface area contributed by atoms with Crippen LogP contribution in [-0.2, 0) is 11.8 Å². The fourth-order valence-electron chi connectivity index (χ4n) is 2.21. The molecule has 1 atom stereocenters. The number of rotatable bonds is 2. The van der Waals surface area contributed by atoms with Crippen LogP contribution in [0.4, 0.5) is 26.7 Å². The highest BCUT2D eigenvalue weighted by Crippen LogP contribution is 2.34. The summed E-state index contributed by atoms with van der Waals surface area (Å²) in [5.74, 6) is -2.75. The summed E-state index contributed by atoms with van der Waals surface area (Å²) in [6.07, 6.45) is -6.24. The van der Waals surface area contributed by atoms with Crippen molar-refractivity contribution in [2.45, 2.75) is 38.6 Å². The van der Waals surface area contributed by atoms with Gasteiger partial charge in [-0.1, -0.05) is 0 Å². The number of aromatic nitrogens is 2. The third kappa shape index (κ3) is 4.18. The molecule has 0 spiro atoms. The zero-order chi connectivity index (χ0) is 19.2. The third-order valence-corrected chi connectivity index (χ3v) is 3.19. The first kappa shape index (κ1) is 18.9. The summed E-state index contributed by atoms with van der Waals surface area (Å²) in [6, 6.07) is -1.18. The highest BCUT2D eigenvalue weighted by Gasteiger charge is 2.45. The van der Waals surface area contributed by atoms with E-state index in [0.717, 1.165) is 10.6 Å². The van der Waals surface area contributed by atoms with Gasteiger partial charge < -0.3 is 14.6 Å². The number of nitrogens with one attached hydrogen (secondary N) is 1. The molecule has 0 aliphatic carbocycles. The lowest BCUT2D eigenvalue weighted by Crippen LogP contribution is -2.42. The largest absolute Gasteiger partial charge is 0.444 e. The lowest BCUT2D eigenvalue weighted by Gasteiger charge is -2.24. The first-order valence-corrected chi connectivity index (χ1v) is 7.17. The molecule has 2 aromatic rings. The number of hydrogen-bond acceptors (Lipinski definition) is 3. The molecule has 0 bridgehead atoms. The van der Waals surface area contributed by atoms with Crippen LogP contribution in [0.2, 0.25) is 0 Å². The summed E-state index contributed by atoms with van der Waals surface area (Å²) in [4.78, 5) is 15.3. The number of carbonyl (C=O) groups is 1. The fourth-order valence-corrected chi connectivity index (χ4v) is 2.21. The number of nitrogens with zero attached hydrogens (tertiary/aromatic N) is 2. The van der Waals surface area contributed by atoms with E-state index >= 15 is 0 Å². The smallest absolute Gasteiger partial charge is 0.416 e.